The molecule has 42 heteroatoms. The summed E-state index contributed by atoms with van der Waals surface area (Å²) < 4.78 is 89.2. The highest BCUT2D eigenvalue weighted by atomic mass is 79.9. The molecule has 7 aromatic heterocycles. The molecular formula is C88H133BrClN13O24S3. The van der Waals surface area contributed by atoms with Gasteiger partial charge in [0.15, 0.2) is 10.8 Å². The van der Waals surface area contributed by atoms with Crippen molar-refractivity contribution < 1.29 is 114 Å². The molecule has 0 aromatic carbocycles. The first kappa shape index (κ1) is 122. The Kier molecular flexibility index (Phi) is 68.5. The third kappa shape index (κ3) is 64.3. The lowest BCUT2D eigenvalue weighted by Gasteiger charge is -2.19. The standard InChI is InChI=1S/C20H27N3O6S.C17H26N2O4.C15H19N3O4S.C14H21BrN2O4.C11H16N2O3.C6H12O.C4H7NO2S.CH4.ClH/c1-5-27-18(24)17-23-15(13-30-17)14-6-7-21-16(12-14)28-11-10-26-9-8-22-19(25)29-20(2,3)4;1-13(2)14-6-7-18-15(12-14)22-11-10-21-9-8-19-16(20)23-17(3,4)5;1-2-21-15(19)14-18-12(10-23-14)11-3-5-17-13(9-11)22-8-7-20-6-4-16;1-14(2,3)21-13(18)17-6-7-19-8-9-20-12-10-11(15)4-5-16-12;1-9(14)10-2-4-13-11(8-10)16-7-6-15-5-3-12;1-3-5-6-7-4-2;1-2-7-4(6)3(5)8;;/h6-7,12-13H,5,8-11H2,1-4H3,(H,22,25);6-7,12H,1,8-11H2,2-5H3,(H,19,20);3,5,9-10H,2,4,6-8,16H2,1H3;4-5,10H,6-9H2,1-3H3,(H,17,18);2,4,8H,3,5-7,12H2,1H3;4H,2-3,5-6H2,1H3;2H2,1H3,(H2,5,8);1H4;1H. The number of nitrogens with one attached hydrogen (secondary N) is 3. The van der Waals surface area contributed by atoms with Gasteiger partial charge in [-0.15, -0.1) is 35.1 Å². The number of amides is 3. The summed E-state index contributed by atoms with van der Waals surface area (Å²) in [6.07, 6.45) is 10.6. The minimum absolute atomic E-state index is 0. The molecule has 7 rings (SSSR count). The van der Waals surface area contributed by atoms with Crippen LogP contribution in [0, 0.1) is 0 Å². The van der Waals surface area contributed by atoms with Gasteiger partial charge in [0.2, 0.25) is 39.4 Å². The number of hydrogen-bond donors (Lipinski definition) is 6. The number of pyridine rings is 5. The summed E-state index contributed by atoms with van der Waals surface area (Å²) in [5.41, 5.74) is 19.5. The maximum absolute atomic E-state index is 11.7. The van der Waals surface area contributed by atoms with Gasteiger partial charge in [-0.05, 0) is 139 Å². The van der Waals surface area contributed by atoms with Crippen LogP contribution in [0.1, 0.15) is 160 Å². The second-order valence-electron chi connectivity index (χ2n) is 28.3. The second-order valence-corrected chi connectivity index (χ2v) is 31.4. The van der Waals surface area contributed by atoms with Crippen molar-refractivity contribution in [2.75, 3.05) is 158 Å². The number of alkyl carbamates (subject to hydrolysis) is 3. The van der Waals surface area contributed by atoms with Crippen LogP contribution in [-0.4, -0.2) is 257 Å². The highest BCUT2D eigenvalue weighted by Crippen LogP contribution is 2.27. The quantitative estimate of drug-likeness (QED) is 0.00515. The van der Waals surface area contributed by atoms with Crippen molar-refractivity contribution in [3.05, 3.63) is 147 Å². The van der Waals surface area contributed by atoms with E-state index in [1.54, 1.807) is 120 Å². The lowest BCUT2D eigenvalue weighted by molar-refractivity contribution is -0.134. The zero-order valence-electron chi connectivity index (χ0n) is 76.4. The molecule has 0 unspecified atom stereocenters. The van der Waals surface area contributed by atoms with E-state index in [1.807, 2.05) is 72.7 Å². The molecule has 0 atom stereocenters. The van der Waals surface area contributed by atoms with E-state index >= 15 is 0 Å². The number of rotatable bonds is 46. The van der Waals surface area contributed by atoms with Crippen molar-refractivity contribution in [2.24, 2.45) is 17.2 Å². The molecule has 0 aliphatic rings. The van der Waals surface area contributed by atoms with E-state index in [2.05, 4.69) is 104 Å². The number of unbranched alkanes of at least 4 members (excludes halogenated alkanes) is 1. The van der Waals surface area contributed by atoms with Crippen LogP contribution in [0.15, 0.2) is 126 Å². The van der Waals surface area contributed by atoms with Gasteiger partial charge in [-0.1, -0.05) is 67.7 Å². The summed E-state index contributed by atoms with van der Waals surface area (Å²) in [5.74, 6) is 0.959. The normalized spacial score (nSPS) is 10.3. The largest absolute Gasteiger partial charge is 0.502 e. The number of halogens is 2. The topological polar surface area (TPSA) is 481 Å². The Hall–Kier alpha value is -10.4. The second kappa shape index (κ2) is 73.3. The number of ether oxygens (including phenoxy) is 17. The van der Waals surface area contributed by atoms with Crippen LogP contribution in [0.4, 0.5) is 14.4 Å². The summed E-state index contributed by atoms with van der Waals surface area (Å²) in [6.45, 7) is 44.3. The minimum atomic E-state index is -0.609. The predicted molar refractivity (Wildman–Crippen MR) is 509 cm³/mol. The molecule has 0 spiro atoms. The first-order valence-corrected chi connectivity index (χ1v) is 43.9. The van der Waals surface area contributed by atoms with Crippen LogP contribution in [0.5, 0.6) is 29.4 Å². The highest BCUT2D eigenvalue weighted by molar-refractivity contribution is 9.10. The lowest BCUT2D eigenvalue weighted by Crippen LogP contribution is -2.34. The fourth-order valence-electron chi connectivity index (χ4n) is 8.44. The van der Waals surface area contributed by atoms with Crippen molar-refractivity contribution in [2.45, 2.75) is 141 Å². The van der Waals surface area contributed by atoms with Crippen molar-refractivity contribution in [3.8, 4) is 51.9 Å². The molecule has 0 radical (unpaired) electrons. The summed E-state index contributed by atoms with van der Waals surface area (Å²) in [6, 6.07) is 17.7. The third-order valence-corrected chi connectivity index (χ3v) is 16.2. The van der Waals surface area contributed by atoms with E-state index in [1.165, 1.54) is 42.3 Å². The zero-order chi connectivity index (χ0) is 95.4. The van der Waals surface area contributed by atoms with Gasteiger partial charge in [-0.2, -0.15) is 0 Å². The molecule has 37 nitrogen and oxygen atoms in total. The zero-order valence-corrected chi connectivity index (χ0v) is 81.2. The maximum atomic E-state index is 11.7. The van der Waals surface area contributed by atoms with Gasteiger partial charge < -0.3 is 114 Å². The first-order chi connectivity index (χ1) is 61.0. The van der Waals surface area contributed by atoms with Gasteiger partial charge in [-0.3, -0.25) is 4.79 Å². The Morgan fingerprint density at radius 3 is 1.11 bits per heavy atom. The number of nitrogens with zero attached hydrogens (tertiary/aromatic N) is 7. The van der Waals surface area contributed by atoms with Gasteiger partial charge >= 0.3 is 36.2 Å². The summed E-state index contributed by atoms with van der Waals surface area (Å²) >= 11 is 10.1. The molecule has 0 saturated heterocycles. The summed E-state index contributed by atoms with van der Waals surface area (Å²) in [4.78, 5) is 108. The number of aromatic nitrogens is 7. The highest BCUT2D eigenvalue weighted by Gasteiger charge is 2.20. The van der Waals surface area contributed by atoms with Crippen LogP contribution in [-0.2, 0) is 61.6 Å². The van der Waals surface area contributed by atoms with E-state index in [0.29, 0.717) is 208 Å². The van der Waals surface area contributed by atoms with Crippen molar-refractivity contribution >= 4 is 116 Å². The lowest BCUT2D eigenvalue weighted by atomic mass is 10.1. The molecule has 0 aliphatic carbocycles. The van der Waals surface area contributed by atoms with E-state index in [9.17, 15) is 33.6 Å². The molecular weight excluding hydrogens is 1830 g/mol. The molecule has 9 N–H and O–H groups in total. The monoisotopic (exact) mass is 1970 g/mol. The number of esters is 3. The van der Waals surface area contributed by atoms with Crippen LogP contribution in [0.3, 0.4) is 0 Å². The molecule has 726 valence electrons. The number of Topliss-reactive ketones (excluding diaryl/α,β-unsaturated/α-hetero) is 1. The van der Waals surface area contributed by atoms with Crippen LogP contribution >= 0.6 is 63.2 Å². The Bertz CT molecular complexity index is 4330. The van der Waals surface area contributed by atoms with Crippen molar-refractivity contribution in [1.29, 1.82) is 0 Å². The van der Waals surface area contributed by atoms with Gasteiger partial charge in [0.05, 0.1) is 110 Å². The van der Waals surface area contributed by atoms with Crippen molar-refractivity contribution in [1.82, 2.24) is 50.8 Å². The van der Waals surface area contributed by atoms with E-state index in [4.69, 9.17) is 93.0 Å². The average molecular weight is 1970 g/mol. The Labute approximate surface area is 791 Å². The predicted octanol–water partition coefficient (Wildman–Crippen LogP) is 14.3. The van der Waals surface area contributed by atoms with Gasteiger partial charge in [0.25, 0.3) is 0 Å². The molecule has 0 aliphatic heterocycles. The van der Waals surface area contributed by atoms with E-state index < -0.39 is 53.0 Å². The number of ketones is 1. The average Bonchev–Trinajstić information content (AvgIpc) is 1.69. The number of hydrogen-bond acceptors (Lipinski definition) is 36. The van der Waals surface area contributed by atoms with Crippen LogP contribution in [0.2, 0.25) is 0 Å². The fraction of sp³-hybridized carbons (Fsp3) is 0.511. The third-order valence-electron chi connectivity index (χ3n) is 13.9. The number of allylic oxidation sites excluding steroid dienone is 1. The number of carbonyl (C=O) groups excluding carboxylic acids is 7. The molecule has 0 saturated carbocycles. The maximum Gasteiger partial charge on any atom is 0.407 e. The molecule has 3 amide bonds. The summed E-state index contributed by atoms with van der Waals surface area (Å²) in [7, 11) is 0. The van der Waals surface area contributed by atoms with Gasteiger partial charge in [0, 0.05) is 126 Å². The molecule has 130 heavy (non-hydrogen) atoms. The fourth-order valence-corrected chi connectivity index (χ4v) is 10.3. The molecule has 7 heterocycles. The van der Waals surface area contributed by atoms with Crippen molar-refractivity contribution in [3.63, 3.8) is 0 Å². The van der Waals surface area contributed by atoms with E-state index in [-0.39, 0.29) is 30.6 Å². The Morgan fingerprint density at radius 1 is 0.469 bits per heavy atom. The first-order valence-electron chi connectivity index (χ1n) is 40.9. The molecule has 0 bridgehead atoms. The SMILES string of the molecule is C.C=C(C)c1ccnc(OCCOCCNC(=O)OC(C)(C)C)c1.C=COCCCC.CC(=O)c1ccnc(OCCOCCN)c1.CC(C)(C)OC(=O)NCCOCCOc1cc(Br)ccn1.CCOC(=O)C(N)=S.CCOC(=O)c1nc(-c2ccnc(OCCOCCN)c2)cs1.CCOC(=O)c1nc(-c2ccnc(OCCOCCNC(=O)OC(C)(C)C)c2)cs1.Cl. The number of thiocarbonyl (C=S) groups is 1. The molecule has 7 aromatic rings. The summed E-state index contributed by atoms with van der Waals surface area (Å²) in [5, 5.41) is 12.1. The minimum Gasteiger partial charge on any atom is -0.502 e. The van der Waals surface area contributed by atoms with Gasteiger partial charge in [-0.25, -0.2) is 63.7 Å². The number of nitrogens with two attached hydrogens (primary N) is 3. The molecule has 0 fully saturated rings. The number of carbonyl (C=O) groups is 7. The van der Waals surface area contributed by atoms with E-state index in [0.717, 1.165) is 39.8 Å². The Morgan fingerprint density at radius 2 is 0.800 bits per heavy atom. The number of thiazole rings is 2. The van der Waals surface area contributed by atoms with Crippen LogP contribution in [0.25, 0.3) is 28.1 Å². The van der Waals surface area contributed by atoms with Gasteiger partial charge in [0.1, 0.15) is 49.8 Å². The van der Waals surface area contributed by atoms with Crippen LogP contribution < -0.4 is 56.8 Å². The Balaban J connectivity index is 0. The smallest absolute Gasteiger partial charge is 0.407 e.